The molecule has 10 heteroatoms. The van der Waals surface area contributed by atoms with E-state index in [1.165, 1.54) is 0 Å². The van der Waals surface area contributed by atoms with E-state index >= 15 is 0 Å². The molecule has 0 aromatic carbocycles. The van der Waals surface area contributed by atoms with Crippen LogP contribution in [-0.4, -0.2) is 87.9 Å². The Kier molecular flexibility index (Phi) is 4.55. The van der Waals surface area contributed by atoms with Crippen LogP contribution in [0.15, 0.2) is 18.3 Å². The fourth-order valence-electron chi connectivity index (χ4n) is 5.56. The third-order valence-corrected chi connectivity index (χ3v) is 7.07. The van der Waals surface area contributed by atoms with Gasteiger partial charge in [0.25, 0.3) is 0 Å². The summed E-state index contributed by atoms with van der Waals surface area (Å²) in [6, 6.07) is 7.34. The number of hydrogen-bond donors (Lipinski definition) is 1. The van der Waals surface area contributed by atoms with E-state index in [2.05, 4.69) is 56.1 Å². The molecular weight excluding hydrogens is 406 g/mol. The smallest absolute Gasteiger partial charge is 0.174 e. The van der Waals surface area contributed by atoms with Crippen LogP contribution >= 0.6 is 0 Å². The number of likely N-dealkylation sites (N-methyl/N-ethyl adjacent to an activating group) is 1. The summed E-state index contributed by atoms with van der Waals surface area (Å²) in [4.78, 5) is 12.3. The van der Waals surface area contributed by atoms with Gasteiger partial charge in [-0.05, 0) is 26.8 Å². The van der Waals surface area contributed by atoms with Crippen LogP contribution < -0.4 is 9.80 Å². The zero-order chi connectivity index (χ0) is 21.8. The predicted molar refractivity (Wildman–Crippen MR) is 120 cm³/mol. The Morgan fingerprint density at radius 3 is 2.72 bits per heavy atom. The van der Waals surface area contributed by atoms with Crippen molar-refractivity contribution in [2.75, 3.05) is 49.7 Å². The Balaban J connectivity index is 1.58. The largest absolute Gasteiger partial charge is 0.377 e. The summed E-state index contributed by atoms with van der Waals surface area (Å²) >= 11 is 0. The van der Waals surface area contributed by atoms with Crippen molar-refractivity contribution in [1.82, 2.24) is 29.9 Å². The van der Waals surface area contributed by atoms with Crippen LogP contribution in [-0.2, 0) is 4.74 Å². The van der Waals surface area contributed by atoms with E-state index in [0.29, 0.717) is 35.3 Å². The maximum Gasteiger partial charge on any atom is 0.174 e. The number of morpholine rings is 1. The molecule has 0 amide bonds. The van der Waals surface area contributed by atoms with Gasteiger partial charge in [0.15, 0.2) is 17.2 Å². The van der Waals surface area contributed by atoms with Gasteiger partial charge in [0.05, 0.1) is 42.6 Å². The summed E-state index contributed by atoms with van der Waals surface area (Å²) in [7, 11) is 2.16. The number of nitriles is 1. The normalized spacial score (nSPS) is 26.1. The molecule has 0 radical (unpaired) electrons. The number of anilines is 2. The third-order valence-electron chi connectivity index (χ3n) is 7.07. The summed E-state index contributed by atoms with van der Waals surface area (Å²) in [6.45, 7) is 6.55. The number of nitrogens with one attached hydrogen (secondary N) is 1. The fourth-order valence-corrected chi connectivity index (χ4v) is 5.56. The molecule has 3 saturated heterocycles. The molecule has 6 heterocycles. The van der Waals surface area contributed by atoms with Crippen molar-refractivity contribution in [2.45, 2.75) is 37.9 Å². The topological polar surface area (TPSA) is 102 Å². The van der Waals surface area contributed by atoms with E-state index in [-0.39, 0.29) is 0 Å². The number of aromatic nitrogens is 5. The van der Waals surface area contributed by atoms with E-state index < -0.39 is 0 Å². The first kappa shape index (κ1) is 19.5. The monoisotopic (exact) mass is 433 g/mol. The van der Waals surface area contributed by atoms with E-state index in [0.717, 1.165) is 62.6 Å². The number of nitrogens with zero attached hydrogens (tertiary/aromatic N) is 8. The minimum atomic E-state index is 0.315. The van der Waals surface area contributed by atoms with Gasteiger partial charge in [-0.2, -0.15) is 20.1 Å². The average Bonchev–Trinajstić information content (AvgIpc) is 3.49. The molecule has 2 unspecified atom stereocenters. The average molecular weight is 434 g/mol. The lowest BCUT2D eigenvalue weighted by molar-refractivity contribution is 0.0902. The molecule has 3 fully saturated rings. The zero-order valence-electron chi connectivity index (χ0n) is 18.4. The van der Waals surface area contributed by atoms with Gasteiger partial charge in [0, 0.05) is 37.8 Å². The van der Waals surface area contributed by atoms with Gasteiger partial charge in [0.1, 0.15) is 11.9 Å². The van der Waals surface area contributed by atoms with E-state index in [1.54, 1.807) is 10.9 Å². The zero-order valence-corrected chi connectivity index (χ0v) is 18.4. The quantitative estimate of drug-likeness (QED) is 0.663. The summed E-state index contributed by atoms with van der Waals surface area (Å²) in [6.07, 6.45) is 3.92. The molecule has 3 atom stereocenters. The Labute approximate surface area is 186 Å². The number of hydrogen-bond acceptors (Lipinski definition) is 8. The predicted octanol–water partition coefficient (Wildman–Crippen LogP) is 1.52. The lowest BCUT2D eigenvalue weighted by Gasteiger charge is -2.41. The second kappa shape index (κ2) is 7.46. The molecule has 3 aliphatic rings. The van der Waals surface area contributed by atoms with Crippen LogP contribution in [0.5, 0.6) is 0 Å². The van der Waals surface area contributed by atoms with Crippen LogP contribution in [0.3, 0.4) is 0 Å². The minimum Gasteiger partial charge on any atom is -0.377 e. The molecule has 166 valence electrons. The van der Waals surface area contributed by atoms with Crippen molar-refractivity contribution in [3.05, 3.63) is 24.0 Å². The number of aromatic amines is 1. The van der Waals surface area contributed by atoms with Crippen LogP contribution in [0, 0.1) is 11.3 Å². The SMILES string of the molecule is C[C@@H]1CN(C)CCN1c1cc(N2C3CCC2COC3)nc2c1c(C#N)nn2-c1ccn[nH]1. The summed E-state index contributed by atoms with van der Waals surface area (Å²) in [5.41, 5.74) is 2.12. The van der Waals surface area contributed by atoms with Crippen molar-refractivity contribution < 1.29 is 4.74 Å². The maximum atomic E-state index is 9.96. The van der Waals surface area contributed by atoms with Gasteiger partial charge in [-0.1, -0.05) is 0 Å². The van der Waals surface area contributed by atoms with Gasteiger partial charge in [0.2, 0.25) is 0 Å². The number of H-pyrrole nitrogens is 1. The Morgan fingerprint density at radius 2 is 2.03 bits per heavy atom. The second-order valence-corrected chi connectivity index (χ2v) is 9.15. The molecule has 10 nitrogen and oxygen atoms in total. The molecule has 3 aromatic rings. The molecule has 3 aromatic heterocycles. The highest BCUT2D eigenvalue weighted by molar-refractivity contribution is 5.96. The number of pyridine rings is 1. The number of rotatable bonds is 3. The van der Waals surface area contributed by atoms with Crippen molar-refractivity contribution in [2.24, 2.45) is 0 Å². The number of ether oxygens (including phenoxy) is 1. The second-order valence-electron chi connectivity index (χ2n) is 9.15. The van der Waals surface area contributed by atoms with Gasteiger partial charge in [-0.15, -0.1) is 0 Å². The molecule has 0 spiro atoms. The molecule has 3 aliphatic heterocycles. The highest BCUT2D eigenvalue weighted by Gasteiger charge is 2.39. The lowest BCUT2D eigenvalue weighted by atomic mass is 10.1. The van der Waals surface area contributed by atoms with E-state index in [4.69, 9.17) is 9.72 Å². The van der Waals surface area contributed by atoms with Crippen LogP contribution in [0.4, 0.5) is 11.5 Å². The molecule has 32 heavy (non-hydrogen) atoms. The molecule has 6 rings (SSSR count). The first-order valence-corrected chi connectivity index (χ1v) is 11.3. The van der Waals surface area contributed by atoms with Crippen LogP contribution in [0.1, 0.15) is 25.5 Å². The highest BCUT2D eigenvalue weighted by Crippen LogP contribution is 2.39. The highest BCUT2D eigenvalue weighted by atomic mass is 16.5. The van der Waals surface area contributed by atoms with Crippen molar-refractivity contribution in [3.8, 4) is 11.9 Å². The van der Waals surface area contributed by atoms with Crippen LogP contribution in [0.25, 0.3) is 16.9 Å². The van der Waals surface area contributed by atoms with Gasteiger partial charge in [-0.25, -0.2) is 4.98 Å². The summed E-state index contributed by atoms with van der Waals surface area (Å²) < 4.78 is 7.54. The molecular formula is C22H27N9O. The van der Waals surface area contributed by atoms with Gasteiger partial charge in [-0.3, -0.25) is 5.10 Å². The molecule has 0 aliphatic carbocycles. The van der Waals surface area contributed by atoms with Crippen LogP contribution in [0.2, 0.25) is 0 Å². The Morgan fingerprint density at radius 1 is 1.22 bits per heavy atom. The Bertz CT molecular complexity index is 1160. The maximum absolute atomic E-state index is 9.96. The first-order valence-electron chi connectivity index (χ1n) is 11.3. The van der Waals surface area contributed by atoms with E-state index in [1.807, 2.05) is 6.07 Å². The third kappa shape index (κ3) is 2.96. The summed E-state index contributed by atoms with van der Waals surface area (Å²) in [5.74, 6) is 1.64. The minimum absolute atomic E-state index is 0.315. The van der Waals surface area contributed by atoms with Gasteiger partial charge < -0.3 is 19.4 Å². The van der Waals surface area contributed by atoms with Crippen molar-refractivity contribution in [3.63, 3.8) is 0 Å². The number of fused-ring (bicyclic) bond motifs is 3. The molecule has 0 saturated carbocycles. The van der Waals surface area contributed by atoms with Crippen molar-refractivity contribution in [1.29, 1.82) is 5.26 Å². The van der Waals surface area contributed by atoms with Gasteiger partial charge >= 0.3 is 0 Å². The number of piperazine rings is 1. The first-order chi connectivity index (χ1) is 15.6. The standard InChI is InChI=1S/C22H27N9O/c1-14-11-28(2)7-8-29(14)18-9-20(30-15-3-4-16(30)13-32-12-15)25-22-21(18)17(10-23)27-31(22)19-5-6-24-26-19/h5-6,9,14-16H,3-4,7-8,11-13H2,1-2H3,(H,24,26)/t14-,15?,16?/m1/s1. The Hall–Kier alpha value is -3.16. The lowest BCUT2D eigenvalue weighted by Crippen LogP contribution is -2.51. The molecule has 1 N–H and O–H groups in total. The fraction of sp³-hybridized carbons (Fsp3) is 0.545. The molecule has 2 bridgehead atoms. The summed E-state index contributed by atoms with van der Waals surface area (Å²) in [5, 5.41) is 22.4. The van der Waals surface area contributed by atoms with E-state index in [9.17, 15) is 5.26 Å². The van der Waals surface area contributed by atoms with Crippen molar-refractivity contribution >= 4 is 22.5 Å².